The first-order valence-corrected chi connectivity index (χ1v) is 12.9. The Hall–Kier alpha value is -3.34. The zero-order chi connectivity index (χ0) is 28.1. The Morgan fingerprint density at radius 1 is 1.21 bits per heavy atom. The van der Waals surface area contributed by atoms with Gasteiger partial charge in [0.05, 0.1) is 23.9 Å². The van der Waals surface area contributed by atoms with Gasteiger partial charge >= 0.3 is 0 Å². The molecule has 2 aromatic heterocycles. The van der Waals surface area contributed by atoms with E-state index in [1.165, 1.54) is 13.0 Å². The van der Waals surface area contributed by atoms with Crippen LogP contribution in [0.1, 0.15) is 66.2 Å². The summed E-state index contributed by atoms with van der Waals surface area (Å²) >= 11 is 0. The van der Waals surface area contributed by atoms with Crippen LogP contribution in [0.25, 0.3) is 11.3 Å². The average Bonchev–Trinajstić information content (AvgIpc) is 2.89. The topological polar surface area (TPSA) is 119 Å². The highest BCUT2D eigenvalue weighted by Crippen LogP contribution is 2.43. The molecule has 1 aliphatic carbocycles. The molecule has 3 heterocycles. The van der Waals surface area contributed by atoms with Crippen molar-refractivity contribution in [2.24, 2.45) is 11.7 Å². The molecule has 206 valence electrons. The summed E-state index contributed by atoms with van der Waals surface area (Å²) in [7, 11) is 0. The molecule has 5 atom stereocenters. The Morgan fingerprint density at radius 3 is 2.72 bits per heavy atom. The van der Waals surface area contributed by atoms with Gasteiger partial charge in [-0.2, -0.15) is 0 Å². The minimum absolute atomic E-state index is 0.00644. The highest BCUT2D eigenvalue weighted by molar-refractivity contribution is 5.96. The normalized spacial score (nSPS) is 26.6. The molecule has 39 heavy (non-hydrogen) atoms. The molecule has 1 saturated carbocycles. The largest absolute Gasteiger partial charge is 0.490 e. The zero-order valence-electron chi connectivity index (χ0n) is 21.6. The molecule has 1 aromatic carbocycles. The summed E-state index contributed by atoms with van der Waals surface area (Å²) in [6, 6.07) is 4.45. The molecular formula is C29H30F3N3O4. The first kappa shape index (κ1) is 27.2. The van der Waals surface area contributed by atoms with E-state index in [1.807, 2.05) is 13.0 Å². The second-order valence-electron chi connectivity index (χ2n) is 10.8. The molecule has 0 unspecified atom stereocenters. The number of rotatable bonds is 5. The zero-order valence-corrected chi connectivity index (χ0v) is 21.6. The highest BCUT2D eigenvalue weighted by atomic mass is 19.1. The number of aromatic nitrogens is 2. The predicted molar refractivity (Wildman–Crippen MR) is 137 cm³/mol. The van der Waals surface area contributed by atoms with E-state index in [0.29, 0.717) is 18.4 Å². The van der Waals surface area contributed by atoms with E-state index in [-0.39, 0.29) is 48.3 Å². The van der Waals surface area contributed by atoms with Crippen LogP contribution in [-0.2, 0) is 12.0 Å². The molecule has 0 radical (unpaired) electrons. The van der Waals surface area contributed by atoms with Crippen molar-refractivity contribution in [1.29, 1.82) is 0 Å². The quantitative estimate of drug-likeness (QED) is 0.415. The molecular weight excluding hydrogens is 511 g/mol. The third-order valence-corrected chi connectivity index (χ3v) is 7.92. The summed E-state index contributed by atoms with van der Waals surface area (Å²) in [6.45, 7) is 3.34. The van der Waals surface area contributed by atoms with Gasteiger partial charge in [0.2, 0.25) is 0 Å². The number of hydrogen-bond donors (Lipinski definition) is 3. The fraction of sp³-hybridized carbons (Fsp3) is 0.414. The molecule has 1 aliphatic heterocycles. The molecule has 3 aromatic rings. The van der Waals surface area contributed by atoms with Crippen molar-refractivity contribution < 1.29 is 32.9 Å². The summed E-state index contributed by atoms with van der Waals surface area (Å²) in [5.74, 6) is -4.21. The monoisotopic (exact) mass is 541 g/mol. The number of fused-ring (bicyclic) bond motifs is 1. The molecule has 4 N–H and O–H groups in total. The lowest BCUT2D eigenvalue weighted by molar-refractivity contribution is 0.0126. The summed E-state index contributed by atoms with van der Waals surface area (Å²) in [5.41, 5.74) is 4.46. The van der Waals surface area contributed by atoms with E-state index in [4.69, 9.17) is 10.5 Å². The molecule has 1 fully saturated rings. The van der Waals surface area contributed by atoms with Gasteiger partial charge in [-0.25, -0.2) is 18.2 Å². The standard InChI is InChI=1S/C29H30F3N3O4/c1-14-9-15(10-21(33)27(14)37)17-5-7-34-13-16(17)11-23(36)22-4-3-19(30)26(35-22)24-20(31)12-18-28(25(24)32)39-8-6-29(18,2)38/h3-5,7,12-15,21,27,37-38H,6,8-11,33H2,1-2H3/t14-,15+,21+,27+,29-/m0/s1. The summed E-state index contributed by atoms with van der Waals surface area (Å²) in [5, 5.41) is 20.8. The van der Waals surface area contributed by atoms with E-state index in [1.54, 1.807) is 12.4 Å². The third-order valence-electron chi connectivity index (χ3n) is 7.92. The average molecular weight is 542 g/mol. The number of carbonyl (C=O) groups is 1. The number of benzene rings is 1. The number of nitrogens with zero attached hydrogens (tertiary/aromatic N) is 2. The van der Waals surface area contributed by atoms with Gasteiger partial charge in [-0.15, -0.1) is 0 Å². The number of halogens is 3. The minimum Gasteiger partial charge on any atom is -0.490 e. The molecule has 2 aliphatic rings. The van der Waals surface area contributed by atoms with Crippen LogP contribution in [0.4, 0.5) is 13.2 Å². The summed E-state index contributed by atoms with van der Waals surface area (Å²) in [4.78, 5) is 21.5. The number of aliphatic hydroxyl groups excluding tert-OH is 1. The lowest BCUT2D eigenvalue weighted by Crippen LogP contribution is -2.44. The van der Waals surface area contributed by atoms with Crippen molar-refractivity contribution in [3.05, 3.63) is 76.5 Å². The fourth-order valence-electron chi connectivity index (χ4n) is 5.69. The molecule has 0 saturated heterocycles. The second-order valence-corrected chi connectivity index (χ2v) is 10.8. The van der Waals surface area contributed by atoms with E-state index in [0.717, 1.165) is 17.7 Å². The van der Waals surface area contributed by atoms with Crippen LogP contribution in [0.15, 0.2) is 36.7 Å². The number of pyridine rings is 2. The maximum Gasteiger partial charge on any atom is 0.185 e. The van der Waals surface area contributed by atoms with Gasteiger partial charge in [-0.1, -0.05) is 6.92 Å². The van der Waals surface area contributed by atoms with E-state index in [9.17, 15) is 19.4 Å². The molecule has 0 bridgehead atoms. The van der Waals surface area contributed by atoms with Crippen LogP contribution >= 0.6 is 0 Å². The van der Waals surface area contributed by atoms with Gasteiger partial charge in [0.25, 0.3) is 0 Å². The van der Waals surface area contributed by atoms with Crippen molar-refractivity contribution in [2.75, 3.05) is 6.61 Å². The van der Waals surface area contributed by atoms with Gasteiger partial charge in [0.15, 0.2) is 17.3 Å². The van der Waals surface area contributed by atoms with Crippen LogP contribution in [0.2, 0.25) is 0 Å². The number of nitrogens with two attached hydrogens (primary N) is 1. The van der Waals surface area contributed by atoms with Crippen LogP contribution in [-0.4, -0.2) is 44.7 Å². The van der Waals surface area contributed by atoms with Gasteiger partial charge in [-0.05, 0) is 67.0 Å². The Balaban J connectivity index is 1.47. The van der Waals surface area contributed by atoms with Crippen molar-refractivity contribution in [1.82, 2.24) is 9.97 Å². The lowest BCUT2D eigenvalue weighted by Gasteiger charge is -2.36. The van der Waals surface area contributed by atoms with Gasteiger partial charge in [-0.3, -0.25) is 9.78 Å². The Kier molecular flexibility index (Phi) is 7.21. The Labute approximate surface area is 223 Å². The smallest absolute Gasteiger partial charge is 0.185 e. The Morgan fingerprint density at radius 2 is 1.97 bits per heavy atom. The first-order chi connectivity index (χ1) is 18.5. The van der Waals surface area contributed by atoms with Gasteiger partial charge in [0.1, 0.15) is 23.0 Å². The SMILES string of the molecule is C[C@H]1C[C@@H](c2ccncc2CC(=O)c2ccc(F)c(-c3c(F)cc4c(c3F)OCC[C@]4(C)O)n2)C[C@@H](N)[C@@H]1O. The van der Waals surface area contributed by atoms with Crippen LogP contribution in [0.5, 0.6) is 5.75 Å². The van der Waals surface area contributed by atoms with Gasteiger partial charge < -0.3 is 20.7 Å². The minimum atomic E-state index is -1.52. The Bertz CT molecular complexity index is 1420. The van der Waals surface area contributed by atoms with Gasteiger partial charge in [0, 0.05) is 36.8 Å². The number of Topliss-reactive ketones (excluding diaryl/α,β-unsaturated/α-hetero) is 1. The number of hydrogen-bond acceptors (Lipinski definition) is 7. The number of ether oxygens (including phenoxy) is 1. The molecule has 10 heteroatoms. The second kappa shape index (κ2) is 10.3. The number of aliphatic hydroxyl groups is 2. The van der Waals surface area contributed by atoms with Crippen LogP contribution in [0.3, 0.4) is 0 Å². The fourth-order valence-corrected chi connectivity index (χ4v) is 5.69. The first-order valence-electron chi connectivity index (χ1n) is 12.9. The van der Waals surface area contributed by atoms with Crippen molar-refractivity contribution >= 4 is 5.78 Å². The maximum absolute atomic E-state index is 15.4. The predicted octanol–water partition coefficient (Wildman–Crippen LogP) is 4.18. The molecule has 7 nitrogen and oxygen atoms in total. The molecule has 0 amide bonds. The highest BCUT2D eigenvalue weighted by Gasteiger charge is 2.37. The van der Waals surface area contributed by atoms with Crippen LogP contribution in [0, 0.1) is 23.4 Å². The maximum atomic E-state index is 15.4. The molecule has 0 spiro atoms. The van der Waals surface area contributed by atoms with E-state index < -0.39 is 52.2 Å². The van der Waals surface area contributed by atoms with Crippen molar-refractivity contribution in [3.63, 3.8) is 0 Å². The summed E-state index contributed by atoms with van der Waals surface area (Å²) in [6.07, 6.45) is 3.84. The van der Waals surface area contributed by atoms with Crippen molar-refractivity contribution in [2.45, 2.75) is 63.2 Å². The molecule has 5 rings (SSSR count). The lowest BCUT2D eigenvalue weighted by atomic mass is 9.74. The number of carbonyl (C=O) groups excluding carboxylic acids is 1. The summed E-state index contributed by atoms with van der Waals surface area (Å²) < 4.78 is 50.8. The van der Waals surface area contributed by atoms with E-state index >= 15 is 8.78 Å². The number of ketones is 1. The third kappa shape index (κ3) is 5.04. The van der Waals surface area contributed by atoms with Crippen molar-refractivity contribution in [3.8, 4) is 17.0 Å². The van der Waals surface area contributed by atoms with Crippen LogP contribution < -0.4 is 10.5 Å². The van der Waals surface area contributed by atoms with E-state index in [2.05, 4.69) is 9.97 Å².